The molecule has 0 aliphatic rings. The molecular formula is C15H18FN3. The molecule has 3 nitrogen and oxygen atoms in total. The van der Waals surface area contributed by atoms with Gasteiger partial charge in [-0.15, -0.1) is 0 Å². The molecule has 2 heterocycles. The molecular weight excluding hydrogens is 241 g/mol. The average molecular weight is 259 g/mol. The van der Waals surface area contributed by atoms with Crippen molar-refractivity contribution in [3.8, 4) is 0 Å². The molecule has 1 unspecified atom stereocenters. The van der Waals surface area contributed by atoms with Gasteiger partial charge >= 0.3 is 0 Å². The van der Waals surface area contributed by atoms with E-state index in [0.717, 1.165) is 25.1 Å². The molecule has 2 rings (SSSR count). The Morgan fingerprint density at radius 3 is 2.84 bits per heavy atom. The SMILES string of the molecule is CCNC(CCc1ccccn1)c1ccncc1F. The highest BCUT2D eigenvalue weighted by molar-refractivity contribution is 5.18. The van der Waals surface area contributed by atoms with Crippen LogP contribution in [0, 0.1) is 5.82 Å². The first kappa shape index (κ1) is 13.6. The van der Waals surface area contributed by atoms with Crippen LogP contribution in [0.2, 0.25) is 0 Å². The molecule has 1 atom stereocenters. The van der Waals surface area contributed by atoms with Crippen molar-refractivity contribution in [1.82, 2.24) is 15.3 Å². The van der Waals surface area contributed by atoms with Crippen LogP contribution in [0.5, 0.6) is 0 Å². The molecule has 0 fully saturated rings. The number of aromatic nitrogens is 2. The lowest BCUT2D eigenvalue weighted by Crippen LogP contribution is -2.22. The van der Waals surface area contributed by atoms with Gasteiger partial charge in [0.25, 0.3) is 0 Å². The lowest BCUT2D eigenvalue weighted by Gasteiger charge is -2.18. The molecule has 0 bridgehead atoms. The molecule has 1 N–H and O–H groups in total. The van der Waals surface area contributed by atoms with Crippen molar-refractivity contribution in [2.75, 3.05) is 6.54 Å². The summed E-state index contributed by atoms with van der Waals surface area (Å²) in [5.41, 5.74) is 1.70. The number of hydrogen-bond donors (Lipinski definition) is 1. The van der Waals surface area contributed by atoms with Crippen LogP contribution in [0.3, 0.4) is 0 Å². The minimum atomic E-state index is -0.255. The summed E-state index contributed by atoms with van der Waals surface area (Å²) in [7, 11) is 0. The van der Waals surface area contributed by atoms with Crippen molar-refractivity contribution in [2.24, 2.45) is 0 Å². The maximum absolute atomic E-state index is 13.8. The lowest BCUT2D eigenvalue weighted by molar-refractivity contribution is 0.481. The molecule has 0 aliphatic carbocycles. The van der Waals surface area contributed by atoms with E-state index >= 15 is 0 Å². The van der Waals surface area contributed by atoms with Crippen LogP contribution >= 0.6 is 0 Å². The number of nitrogens with zero attached hydrogens (tertiary/aromatic N) is 2. The molecule has 4 heteroatoms. The predicted molar refractivity (Wildman–Crippen MR) is 73.2 cm³/mol. The third-order valence-electron chi connectivity index (χ3n) is 3.05. The average Bonchev–Trinajstić information content (AvgIpc) is 2.45. The Morgan fingerprint density at radius 2 is 2.16 bits per heavy atom. The van der Waals surface area contributed by atoms with Gasteiger partial charge in [-0.2, -0.15) is 0 Å². The maximum Gasteiger partial charge on any atom is 0.146 e. The van der Waals surface area contributed by atoms with Gasteiger partial charge in [-0.05, 0) is 37.6 Å². The monoisotopic (exact) mass is 259 g/mol. The summed E-state index contributed by atoms with van der Waals surface area (Å²) in [6.07, 6.45) is 6.31. The Morgan fingerprint density at radius 1 is 1.26 bits per heavy atom. The van der Waals surface area contributed by atoms with Crippen molar-refractivity contribution < 1.29 is 4.39 Å². The van der Waals surface area contributed by atoms with Crippen molar-refractivity contribution in [3.05, 3.63) is 59.9 Å². The van der Waals surface area contributed by atoms with Crippen molar-refractivity contribution in [2.45, 2.75) is 25.8 Å². The Bertz CT molecular complexity index is 502. The van der Waals surface area contributed by atoms with E-state index in [4.69, 9.17) is 0 Å². The molecule has 0 aliphatic heterocycles. The van der Waals surface area contributed by atoms with Crippen LogP contribution in [0.4, 0.5) is 4.39 Å². The van der Waals surface area contributed by atoms with Gasteiger partial charge in [-0.25, -0.2) is 4.39 Å². The standard InChI is InChI=1S/C15H18FN3/c1-2-18-15(13-8-10-17-11-14(13)16)7-6-12-5-3-4-9-19-12/h3-5,8-11,15,18H,2,6-7H2,1H3. The fourth-order valence-corrected chi connectivity index (χ4v) is 2.12. The number of halogens is 1. The predicted octanol–water partition coefficient (Wildman–Crippen LogP) is 2.90. The molecule has 0 spiro atoms. The summed E-state index contributed by atoms with van der Waals surface area (Å²) < 4.78 is 13.8. The molecule has 0 saturated carbocycles. The van der Waals surface area contributed by atoms with Gasteiger partial charge in [-0.3, -0.25) is 9.97 Å². The quantitative estimate of drug-likeness (QED) is 0.866. The Balaban J connectivity index is 2.07. The normalized spacial score (nSPS) is 12.3. The first-order valence-corrected chi connectivity index (χ1v) is 6.54. The minimum absolute atomic E-state index is 0.00462. The first-order chi connectivity index (χ1) is 9.31. The number of nitrogens with one attached hydrogen (secondary N) is 1. The number of pyridine rings is 2. The van der Waals surface area contributed by atoms with Crippen molar-refractivity contribution in [3.63, 3.8) is 0 Å². The van der Waals surface area contributed by atoms with E-state index < -0.39 is 0 Å². The second-order valence-corrected chi connectivity index (χ2v) is 4.37. The summed E-state index contributed by atoms with van der Waals surface area (Å²) in [5.74, 6) is -0.255. The zero-order valence-electron chi connectivity index (χ0n) is 11.0. The molecule has 2 aromatic rings. The first-order valence-electron chi connectivity index (χ1n) is 6.54. The second-order valence-electron chi connectivity index (χ2n) is 4.37. The summed E-state index contributed by atoms with van der Waals surface area (Å²) in [6, 6.07) is 7.59. The van der Waals surface area contributed by atoms with Crippen molar-refractivity contribution in [1.29, 1.82) is 0 Å². The summed E-state index contributed by atoms with van der Waals surface area (Å²) in [5, 5.41) is 3.31. The third kappa shape index (κ3) is 3.83. The van der Waals surface area contributed by atoms with E-state index in [1.54, 1.807) is 18.5 Å². The van der Waals surface area contributed by atoms with E-state index in [-0.39, 0.29) is 11.9 Å². The topological polar surface area (TPSA) is 37.8 Å². The van der Waals surface area contributed by atoms with Gasteiger partial charge in [0.15, 0.2) is 0 Å². The van der Waals surface area contributed by atoms with E-state index in [0.29, 0.717) is 5.56 Å². The summed E-state index contributed by atoms with van der Waals surface area (Å²) in [6.45, 7) is 2.82. The molecule has 0 amide bonds. The lowest BCUT2D eigenvalue weighted by atomic mass is 10.0. The van der Waals surface area contributed by atoms with Gasteiger partial charge in [0, 0.05) is 29.7 Å². The molecule has 100 valence electrons. The van der Waals surface area contributed by atoms with Crippen LogP contribution in [-0.2, 0) is 6.42 Å². The highest BCUT2D eigenvalue weighted by Crippen LogP contribution is 2.20. The summed E-state index contributed by atoms with van der Waals surface area (Å²) >= 11 is 0. The van der Waals surface area contributed by atoms with Crippen LogP contribution in [0.25, 0.3) is 0 Å². The number of rotatable bonds is 6. The highest BCUT2D eigenvalue weighted by atomic mass is 19.1. The third-order valence-corrected chi connectivity index (χ3v) is 3.05. The zero-order valence-corrected chi connectivity index (χ0v) is 11.0. The van der Waals surface area contributed by atoms with Crippen molar-refractivity contribution >= 4 is 0 Å². The van der Waals surface area contributed by atoms with E-state index in [1.807, 2.05) is 25.1 Å². The fourth-order valence-electron chi connectivity index (χ4n) is 2.12. The van der Waals surface area contributed by atoms with Crippen LogP contribution < -0.4 is 5.32 Å². The largest absolute Gasteiger partial charge is 0.310 e. The maximum atomic E-state index is 13.8. The van der Waals surface area contributed by atoms with Gasteiger partial charge in [0.1, 0.15) is 5.82 Å². The van der Waals surface area contributed by atoms with Crippen LogP contribution in [0.1, 0.15) is 30.6 Å². The molecule has 0 aromatic carbocycles. The minimum Gasteiger partial charge on any atom is -0.310 e. The van der Waals surface area contributed by atoms with Gasteiger partial charge in [0.05, 0.1) is 6.20 Å². The Hall–Kier alpha value is -1.81. The van der Waals surface area contributed by atoms with E-state index in [2.05, 4.69) is 15.3 Å². The summed E-state index contributed by atoms with van der Waals surface area (Å²) in [4.78, 5) is 8.08. The van der Waals surface area contributed by atoms with Gasteiger partial charge in [-0.1, -0.05) is 13.0 Å². The number of aryl methyl sites for hydroxylation is 1. The van der Waals surface area contributed by atoms with Gasteiger partial charge < -0.3 is 5.32 Å². The Kier molecular flexibility index (Phi) is 4.98. The Labute approximate surface area is 112 Å². The number of hydrogen-bond acceptors (Lipinski definition) is 3. The van der Waals surface area contributed by atoms with E-state index in [9.17, 15) is 4.39 Å². The molecule has 2 aromatic heterocycles. The second kappa shape index (κ2) is 6.95. The molecule has 0 saturated heterocycles. The van der Waals surface area contributed by atoms with E-state index in [1.165, 1.54) is 6.20 Å². The van der Waals surface area contributed by atoms with Crippen LogP contribution in [0.15, 0.2) is 42.9 Å². The fraction of sp³-hybridized carbons (Fsp3) is 0.333. The zero-order chi connectivity index (χ0) is 13.5. The van der Waals surface area contributed by atoms with Crippen LogP contribution in [-0.4, -0.2) is 16.5 Å². The highest BCUT2D eigenvalue weighted by Gasteiger charge is 2.14. The molecule has 19 heavy (non-hydrogen) atoms. The van der Waals surface area contributed by atoms with Gasteiger partial charge in [0.2, 0.25) is 0 Å². The smallest absolute Gasteiger partial charge is 0.146 e. The molecule has 0 radical (unpaired) electrons.